The van der Waals surface area contributed by atoms with Gasteiger partial charge in [-0.2, -0.15) is 0 Å². The zero-order chi connectivity index (χ0) is 25.2. The van der Waals surface area contributed by atoms with Crippen LogP contribution in [0.3, 0.4) is 0 Å². The van der Waals surface area contributed by atoms with Crippen molar-refractivity contribution in [1.29, 1.82) is 0 Å². The number of nitrogens with zero attached hydrogens (tertiary/aromatic N) is 1. The molecule has 0 radical (unpaired) electrons. The van der Waals surface area contributed by atoms with Crippen molar-refractivity contribution in [2.24, 2.45) is 5.92 Å². The lowest BCUT2D eigenvalue weighted by atomic mass is 10.0. The second-order valence-corrected chi connectivity index (χ2v) is 9.18. The predicted molar refractivity (Wildman–Crippen MR) is 136 cm³/mol. The number of carbonyl (C=O) groups excluding carboxylic acids is 2. The molecule has 0 spiro atoms. The maximum Gasteiger partial charge on any atom is 0.261 e. The number of hydrogen-bond donors (Lipinski definition) is 1. The quantitative estimate of drug-likeness (QED) is 0.393. The molecule has 0 fully saturated rings. The van der Waals surface area contributed by atoms with Gasteiger partial charge < -0.3 is 15.0 Å². The summed E-state index contributed by atoms with van der Waals surface area (Å²) < 4.78 is 19.2. The summed E-state index contributed by atoms with van der Waals surface area (Å²) in [6.45, 7) is 4.36. The Morgan fingerprint density at radius 3 is 2.34 bits per heavy atom. The topological polar surface area (TPSA) is 58.6 Å². The Kier molecular flexibility index (Phi) is 9.67. The first kappa shape index (κ1) is 26.2. The van der Waals surface area contributed by atoms with Crippen LogP contribution in [-0.2, 0) is 22.6 Å². The van der Waals surface area contributed by atoms with Gasteiger partial charge in [0.05, 0.1) is 0 Å². The second-order valence-electron chi connectivity index (χ2n) is 8.74. The number of halogens is 2. The minimum atomic E-state index is -0.781. The molecular weight excluding hydrogens is 467 g/mol. The standard InChI is InChI=1S/C28H30ClFN2O3/c1-20(2)17-31-28(34)26(15-21-7-4-3-5-8-21)32(18-22-11-13-24(30)14-12-22)27(33)19-35-25-10-6-9-23(29)16-25/h3-14,16,20,26H,15,17-19H2,1-2H3,(H,31,34)/t26-/m1/s1. The Bertz CT molecular complexity index is 1110. The molecule has 0 aliphatic carbocycles. The summed E-state index contributed by atoms with van der Waals surface area (Å²) in [5.74, 6) is -0.276. The fraction of sp³-hybridized carbons (Fsp3) is 0.286. The molecule has 0 aromatic heterocycles. The van der Waals surface area contributed by atoms with Crippen LogP contribution < -0.4 is 10.1 Å². The molecular formula is C28H30ClFN2O3. The molecule has 0 unspecified atom stereocenters. The van der Waals surface area contributed by atoms with Crippen LogP contribution in [0.4, 0.5) is 4.39 Å². The lowest BCUT2D eigenvalue weighted by molar-refractivity contribution is -0.142. The Labute approximate surface area is 210 Å². The predicted octanol–water partition coefficient (Wildman–Crippen LogP) is 5.27. The van der Waals surface area contributed by atoms with Crippen molar-refractivity contribution in [2.45, 2.75) is 32.9 Å². The van der Waals surface area contributed by atoms with Gasteiger partial charge in [0.15, 0.2) is 6.61 Å². The lowest BCUT2D eigenvalue weighted by Crippen LogP contribution is -2.52. The van der Waals surface area contributed by atoms with Crippen LogP contribution >= 0.6 is 11.6 Å². The van der Waals surface area contributed by atoms with E-state index in [1.807, 2.05) is 44.2 Å². The summed E-state index contributed by atoms with van der Waals surface area (Å²) in [6, 6.07) is 21.4. The summed E-state index contributed by atoms with van der Waals surface area (Å²) in [6.07, 6.45) is 0.328. The smallest absolute Gasteiger partial charge is 0.261 e. The van der Waals surface area contributed by atoms with Crippen LogP contribution in [0.5, 0.6) is 5.75 Å². The maximum absolute atomic E-state index is 13.5. The number of ether oxygens (including phenoxy) is 1. The van der Waals surface area contributed by atoms with Gasteiger partial charge in [0.25, 0.3) is 5.91 Å². The number of rotatable bonds is 11. The molecule has 3 aromatic carbocycles. The molecule has 2 amide bonds. The van der Waals surface area contributed by atoms with Gasteiger partial charge in [0.1, 0.15) is 17.6 Å². The molecule has 0 saturated carbocycles. The van der Waals surface area contributed by atoms with E-state index in [0.717, 1.165) is 5.56 Å². The minimum Gasteiger partial charge on any atom is -0.484 e. The van der Waals surface area contributed by atoms with Gasteiger partial charge in [-0.05, 0) is 47.4 Å². The van der Waals surface area contributed by atoms with Crippen LogP contribution in [0.25, 0.3) is 0 Å². The van der Waals surface area contributed by atoms with Gasteiger partial charge in [-0.3, -0.25) is 9.59 Å². The molecule has 3 aromatic rings. The maximum atomic E-state index is 13.5. The second kappa shape index (κ2) is 12.9. The van der Waals surface area contributed by atoms with Gasteiger partial charge in [-0.25, -0.2) is 4.39 Å². The monoisotopic (exact) mass is 496 g/mol. The molecule has 0 aliphatic heterocycles. The van der Waals surface area contributed by atoms with E-state index in [-0.39, 0.29) is 36.7 Å². The first-order valence-electron chi connectivity index (χ1n) is 11.6. The largest absolute Gasteiger partial charge is 0.484 e. The Hall–Kier alpha value is -3.38. The Morgan fingerprint density at radius 1 is 0.971 bits per heavy atom. The average molecular weight is 497 g/mol. The SMILES string of the molecule is CC(C)CNC(=O)[C@@H](Cc1ccccc1)N(Cc1ccc(F)cc1)C(=O)COc1cccc(Cl)c1. The van der Waals surface area contributed by atoms with Crippen LogP contribution in [0.1, 0.15) is 25.0 Å². The summed E-state index contributed by atoms with van der Waals surface area (Å²) in [5.41, 5.74) is 1.63. The van der Waals surface area contributed by atoms with Gasteiger partial charge in [0.2, 0.25) is 5.91 Å². The third kappa shape index (κ3) is 8.41. The van der Waals surface area contributed by atoms with E-state index in [2.05, 4.69) is 5.32 Å². The normalized spacial score (nSPS) is 11.7. The third-order valence-corrected chi connectivity index (χ3v) is 5.62. The van der Waals surface area contributed by atoms with Crippen LogP contribution in [-0.4, -0.2) is 35.9 Å². The molecule has 35 heavy (non-hydrogen) atoms. The molecule has 7 heteroatoms. The van der Waals surface area contributed by atoms with E-state index in [0.29, 0.717) is 29.3 Å². The molecule has 184 valence electrons. The zero-order valence-electron chi connectivity index (χ0n) is 19.9. The Morgan fingerprint density at radius 2 is 1.69 bits per heavy atom. The van der Waals surface area contributed by atoms with Gasteiger partial charge >= 0.3 is 0 Å². The van der Waals surface area contributed by atoms with E-state index in [9.17, 15) is 14.0 Å². The fourth-order valence-corrected chi connectivity index (χ4v) is 3.73. The van der Waals surface area contributed by atoms with Crippen LogP contribution in [0, 0.1) is 11.7 Å². The van der Waals surface area contributed by atoms with Crippen molar-refractivity contribution in [1.82, 2.24) is 10.2 Å². The van der Waals surface area contributed by atoms with Gasteiger partial charge in [0, 0.05) is 24.5 Å². The number of benzene rings is 3. The minimum absolute atomic E-state index is 0.130. The summed E-state index contributed by atoms with van der Waals surface area (Å²) in [7, 11) is 0. The fourth-order valence-electron chi connectivity index (χ4n) is 3.55. The van der Waals surface area contributed by atoms with Crippen molar-refractivity contribution in [3.05, 3.63) is 101 Å². The van der Waals surface area contributed by atoms with E-state index in [4.69, 9.17) is 16.3 Å². The van der Waals surface area contributed by atoms with Crippen LogP contribution in [0.15, 0.2) is 78.9 Å². The van der Waals surface area contributed by atoms with Gasteiger partial charge in [-0.1, -0.05) is 74.0 Å². The Balaban J connectivity index is 1.89. The summed E-state index contributed by atoms with van der Waals surface area (Å²) in [5, 5.41) is 3.46. The van der Waals surface area contributed by atoms with E-state index in [1.54, 1.807) is 36.4 Å². The van der Waals surface area contributed by atoms with E-state index in [1.165, 1.54) is 17.0 Å². The molecule has 1 atom stereocenters. The van der Waals surface area contributed by atoms with Crippen molar-refractivity contribution in [3.8, 4) is 5.75 Å². The van der Waals surface area contributed by atoms with Crippen molar-refractivity contribution in [2.75, 3.05) is 13.2 Å². The molecule has 0 aliphatic rings. The highest BCUT2D eigenvalue weighted by atomic mass is 35.5. The highest BCUT2D eigenvalue weighted by Crippen LogP contribution is 2.19. The van der Waals surface area contributed by atoms with Crippen LogP contribution in [0.2, 0.25) is 5.02 Å². The molecule has 1 N–H and O–H groups in total. The summed E-state index contributed by atoms with van der Waals surface area (Å²) >= 11 is 6.03. The molecule has 0 heterocycles. The summed E-state index contributed by atoms with van der Waals surface area (Å²) in [4.78, 5) is 28.3. The zero-order valence-corrected chi connectivity index (χ0v) is 20.7. The first-order valence-corrected chi connectivity index (χ1v) is 11.9. The van der Waals surface area contributed by atoms with Crippen molar-refractivity contribution >= 4 is 23.4 Å². The highest BCUT2D eigenvalue weighted by Gasteiger charge is 2.30. The van der Waals surface area contributed by atoms with Crippen molar-refractivity contribution in [3.63, 3.8) is 0 Å². The molecule has 0 saturated heterocycles. The average Bonchev–Trinajstić information content (AvgIpc) is 2.85. The molecule has 0 bridgehead atoms. The van der Waals surface area contributed by atoms with Crippen molar-refractivity contribution < 1.29 is 18.7 Å². The van der Waals surface area contributed by atoms with E-state index >= 15 is 0 Å². The first-order chi connectivity index (χ1) is 16.8. The van der Waals surface area contributed by atoms with E-state index < -0.39 is 6.04 Å². The number of nitrogens with one attached hydrogen (secondary N) is 1. The third-order valence-electron chi connectivity index (χ3n) is 5.38. The number of amides is 2. The van der Waals surface area contributed by atoms with Gasteiger partial charge in [-0.15, -0.1) is 0 Å². The molecule has 3 rings (SSSR count). The number of hydrogen-bond acceptors (Lipinski definition) is 3. The lowest BCUT2D eigenvalue weighted by Gasteiger charge is -2.31. The highest BCUT2D eigenvalue weighted by molar-refractivity contribution is 6.30. The number of carbonyl (C=O) groups is 2. The molecule has 5 nitrogen and oxygen atoms in total.